The minimum atomic E-state index is -0.440. The number of aliphatic hydroxyl groups excluding tert-OH is 1. The summed E-state index contributed by atoms with van der Waals surface area (Å²) in [6, 6.07) is 0. The molecule has 0 bridgehead atoms. The smallest absolute Gasteiger partial charge is 0.157 e. The summed E-state index contributed by atoms with van der Waals surface area (Å²) in [6.45, 7) is 0.797. The van der Waals surface area contributed by atoms with Crippen molar-refractivity contribution in [2.24, 2.45) is 11.8 Å². The zero-order chi connectivity index (χ0) is 6.97. The van der Waals surface area contributed by atoms with E-state index in [2.05, 4.69) is 0 Å². The van der Waals surface area contributed by atoms with Crippen molar-refractivity contribution in [2.75, 3.05) is 6.61 Å². The van der Waals surface area contributed by atoms with E-state index in [1.54, 1.807) is 0 Å². The molecule has 0 aromatic carbocycles. The SMILES string of the molecule is OC1OC[C@@H]2CCCC[C@H]12. The van der Waals surface area contributed by atoms with Crippen molar-refractivity contribution < 1.29 is 9.84 Å². The molecule has 0 aromatic heterocycles. The molecule has 1 unspecified atom stereocenters. The van der Waals surface area contributed by atoms with Crippen LogP contribution in [0.25, 0.3) is 0 Å². The van der Waals surface area contributed by atoms with Gasteiger partial charge in [0.25, 0.3) is 0 Å². The first kappa shape index (κ1) is 6.62. The number of fused-ring (bicyclic) bond motifs is 1. The average molecular weight is 142 g/mol. The van der Waals surface area contributed by atoms with E-state index in [1.807, 2.05) is 0 Å². The highest BCUT2D eigenvalue weighted by Crippen LogP contribution is 2.37. The number of rotatable bonds is 0. The third-order valence-corrected chi connectivity index (χ3v) is 2.82. The van der Waals surface area contributed by atoms with Crippen molar-refractivity contribution in [1.82, 2.24) is 0 Å². The molecule has 2 heteroatoms. The lowest BCUT2D eigenvalue weighted by Gasteiger charge is -2.24. The van der Waals surface area contributed by atoms with Gasteiger partial charge < -0.3 is 9.84 Å². The van der Waals surface area contributed by atoms with Gasteiger partial charge in [-0.25, -0.2) is 0 Å². The van der Waals surface area contributed by atoms with E-state index < -0.39 is 6.29 Å². The van der Waals surface area contributed by atoms with Gasteiger partial charge in [0, 0.05) is 5.92 Å². The summed E-state index contributed by atoms with van der Waals surface area (Å²) in [7, 11) is 0. The van der Waals surface area contributed by atoms with Gasteiger partial charge >= 0.3 is 0 Å². The Balaban J connectivity index is 2.01. The first-order valence-electron chi connectivity index (χ1n) is 4.17. The molecule has 1 aliphatic heterocycles. The Morgan fingerprint density at radius 1 is 1.20 bits per heavy atom. The molecule has 10 heavy (non-hydrogen) atoms. The second kappa shape index (κ2) is 2.51. The second-order valence-electron chi connectivity index (χ2n) is 3.43. The van der Waals surface area contributed by atoms with Crippen molar-refractivity contribution in [3.05, 3.63) is 0 Å². The van der Waals surface area contributed by atoms with Crippen molar-refractivity contribution >= 4 is 0 Å². The standard InChI is InChI=1S/C8H14O2/c9-8-7-4-2-1-3-6(7)5-10-8/h6-9H,1-5H2/t6-,7-,8?/m0/s1. The lowest BCUT2D eigenvalue weighted by atomic mass is 9.81. The normalized spacial score (nSPS) is 47.1. The highest BCUT2D eigenvalue weighted by atomic mass is 16.6. The Morgan fingerprint density at radius 2 is 2.00 bits per heavy atom. The van der Waals surface area contributed by atoms with Gasteiger partial charge in [0.05, 0.1) is 6.61 Å². The molecule has 1 saturated heterocycles. The molecule has 2 fully saturated rings. The molecule has 1 saturated carbocycles. The van der Waals surface area contributed by atoms with Crippen LogP contribution in [-0.4, -0.2) is 18.0 Å². The number of hydrogen-bond acceptors (Lipinski definition) is 2. The second-order valence-corrected chi connectivity index (χ2v) is 3.43. The summed E-state index contributed by atoms with van der Waals surface area (Å²) < 4.78 is 5.16. The first-order chi connectivity index (χ1) is 4.88. The molecule has 2 rings (SSSR count). The Kier molecular flexibility index (Phi) is 1.66. The fourth-order valence-electron chi connectivity index (χ4n) is 2.16. The Morgan fingerprint density at radius 3 is 2.80 bits per heavy atom. The zero-order valence-electron chi connectivity index (χ0n) is 6.12. The monoisotopic (exact) mass is 142 g/mol. The fraction of sp³-hybridized carbons (Fsp3) is 1.00. The van der Waals surface area contributed by atoms with Gasteiger partial charge in [-0.1, -0.05) is 12.8 Å². The minimum Gasteiger partial charge on any atom is -0.368 e. The van der Waals surface area contributed by atoms with Crippen LogP contribution in [0.5, 0.6) is 0 Å². The molecule has 1 N–H and O–H groups in total. The van der Waals surface area contributed by atoms with E-state index >= 15 is 0 Å². The molecule has 2 nitrogen and oxygen atoms in total. The maximum Gasteiger partial charge on any atom is 0.157 e. The van der Waals surface area contributed by atoms with Gasteiger partial charge in [-0.2, -0.15) is 0 Å². The zero-order valence-corrected chi connectivity index (χ0v) is 6.12. The third-order valence-electron chi connectivity index (χ3n) is 2.82. The summed E-state index contributed by atoms with van der Waals surface area (Å²) >= 11 is 0. The number of hydrogen-bond donors (Lipinski definition) is 1. The van der Waals surface area contributed by atoms with Crippen LogP contribution in [0.4, 0.5) is 0 Å². The summed E-state index contributed by atoms with van der Waals surface area (Å²) in [4.78, 5) is 0. The highest BCUT2D eigenvalue weighted by molar-refractivity contribution is 4.81. The molecule has 0 amide bonds. The van der Waals surface area contributed by atoms with Crippen LogP contribution in [0, 0.1) is 11.8 Å². The summed E-state index contributed by atoms with van der Waals surface area (Å²) in [5, 5.41) is 9.30. The van der Waals surface area contributed by atoms with Gasteiger partial charge in [0.2, 0.25) is 0 Å². The molecular formula is C8H14O2. The van der Waals surface area contributed by atoms with Gasteiger partial charge in [-0.3, -0.25) is 0 Å². The highest BCUT2D eigenvalue weighted by Gasteiger charge is 2.37. The first-order valence-corrected chi connectivity index (χ1v) is 4.17. The van der Waals surface area contributed by atoms with Crippen LogP contribution in [0.1, 0.15) is 25.7 Å². The van der Waals surface area contributed by atoms with E-state index in [1.165, 1.54) is 25.7 Å². The fourth-order valence-corrected chi connectivity index (χ4v) is 2.16. The van der Waals surface area contributed by atoms with Gasteiger partial charge in [0.1, 0.15) is 0 Å². The average Bonchev–Trinajstić information content (AvgIpc) is 2.34. The van der Waals surface area contributed by atoms with Crippen molar-refractivity contribution in [2.45, 2.75) is 32.0 Å². The van der Waals surface area contributed by atoms with Gasteiger partial charge in [-0.05, 0) is 18.8 Å². The number of ether oxygens (including phenoxy) is 1. The van der Waals surface area contributed by atoms with Gasteiger partial charge in [0.15, 0.2) is 6.29 Å². The van der Waals surface area contributed by atoms with Crippen molar-refractivity contribution in [1.29, 1.82) is 0 Å². The Bertz CT molecular complexity index is 122. The lowest BCUT2D eigenvalue weighted by Crippen LogP contribution is -2.22. The van der Waals surface area contributed by atoms with Crippen LogP contribution in [-0.2, 0) is 4.74 Å². The molecule has 1 heterocycles. The van der Waals surface area contributed by atoms with Gasteiger partial charge in [-0.15, -0.1) is 0 Å². The summed E-state index contributed by atoms with van der Waals surface area (Å²) in [6.07, 6.45) is 4.61. The summed E-state index contributed by atoms with van der Waals surface area (Å²) in [5.41, 5.74) is 0. The van der Waals surface area contributed by atoms with E-state index in [0.717, 1.165) is 6.61 Å². The van der Waals surface area contributed by atoms with E-state index in [9.17, 15) is 5.11 Å². The van der Waals surface area contributed by atoms with Crippen LogP contribution in [0.3, 0.4) is 0 Å². The third kappa shape index (κ3) is 0.956. The molecule has 58 valence electrons. The van der Waals surface area contributed by atoms with E-state index in [4.69, 9.17) is 4.74 Å². The predicted molar refractivity (Wildman–Crippen MR) is 37.4 cm³/mol. The predicted octanol–water partition coefficient (Wildman–Crippen LogP) is 1.14. The van der Waals surface area contributed by atoms with Crippen LogP contribution < -0.4 is 0 Å². The largest absolute Gasteiger partial charge is 0.368 e. The Hall–Kier alpha value is -0.0800. The van der Waals surface area contributed by atoms with Crippen LogP contribution >= 0.6 is 0 Å². The molecule has 0 aromatic rings. The maximum atomic E-state index is 9.30. The van der Waals surface area contributed by atoms with Crippen molar-refractivity contribution in [3.8, 4) is 0 Å². The Labute approximate surface area is 61.2 Å². The van der Waals surface area contributed by atoms with Crippen LogP contribution in [0.2, 0.25) is 0 Å². The summed E-state index contributed by atoms with van der Waals surface area (Å²) in [5.74, 6) is 1.14. The topological polar surface area (TPSA) is 29.5 Å². The molecule has 1 aliphatic carbocycles. The number of aliphatic hydroxyl groups is 1. The van der Waals surface area contributed by atoms with E-state index in [-0.39, 0.29) is 0 Å². The van der Waals surface area contributed by atoms with Crippen LogP contribution in [0.15, 0.2) is 0 Å². The maximum absolute atomic E-state index is 9.30. The molecule has 0 radical (unpaired) electrons. The van der Waals surface area contributed by atoms with E-state index in [0.29, 0.717) is 11.8 Å². The molecule has 3 atom stereocenters. The molecule has 2 aliphatic rings. The quantitative estimate of drug-likeness (QED) is 0.549. The van der Waals surface area contributed by atoms with Crippen molar-refractivity contribution in [3.63, 3.8) is 0 Å². The minimum absolute atomic E-state index is 0.440. The molecular weight excluding hydrogens is 128 g/mol. The lowest BCUT2D eigenvalue weighted by molar-refractivity contribution is -0.0844. The molecule has 0 spiro atoms.